The van der Waals surface area contributed by atoms with Crippen molar-refractivity contribution in [1.29, 1.82) is 0 Å². The molecule has 0 atom stereocenters. The van der Waals surface area contributed by atoms with E-state index in [9.17, 15) is 0 Å². The molecule has 84 valence electrons. The molecule has 0 N–H and O–H groups in total. The lowest BCUT2D eigenvalue weighted by molar-refractivity contribution is 0.622. The van der Waals surface area contributed by atoms with E-state index < -0.39 is 0 Å². The molecule has 1 aliphatic rings. The summed E-state index contributed by atoms with van der Waals surface area (Å²) >= 11 is 6.41. The molecule has 0 aromatic heterocycles. The zero-order valence-corrected chi connectivity index (χ0v) is 10.9. The Morgan fingerprint density at radius 3 is 2.43 bits per heavy atom. The van der Waals surface area contributed by atoms with Crippen LogP contribution in [0, 0.1) is 5.92 Å². The molecule has 1 fully saturated rings. The molecule has 2 heteroatoms. The molecule has 0 aromatic carbocycles. The molecule has 1 saturated carbocycles. The van der Waals surface area contributed by atoms with Gasteiger partial charge in [0.25, 0.3) is 0 Å². The average Bonchev–Trinajstić information content (AvgIpc) is 2.69. The van der Waals surface area contributed by atoms with Crippen molar-refractivity contribution in [1.82, 2.24) is 0 Å². The number of thioether (sulfide) groups is 1. The summed E-state index contributed by atoms with van der Waals surface area (Å²) in [5, 5.41) is 0. The summed E-state index contributed by atoms with van der Waals surface area (Å²) in [7, 11) is 0. The molecule has 14 heavy (non-hydrogen) atoms. The normalized spacial score (nSPS) is 17.8. The van der Waals surface area contributed by atoms with Gasteiger partial charge in [0.2, 0.25) is 0 Å². The molecule has 0 radical (unpaired) electrons. The van der Waals surface area contributed by atoms with E-state index in [0.717, 1.165) is 11.7 Å². The number of thiol groups is 1. The Balaban J connectivity index is 1.75. The van der Waals surface area contributed by atoms with Gasteiger partial charge >= 0.3 is 0 Å². The fraction of sp³-hybridized carbons (Fsp3) is 1.00. The third-order valence-electron chi connectivity index (χ3n) is 3.03. The van der Waals surface area contributed by atoms with Crippen molar-refractivity contribution in [3.63, 3.8) is 0 Å². The Hall–Kier alpha value is 0.700. The maximum atomic E-state index is 4.22. The Morgan fingerprint density at radius 1 is 1.00 bits per heavy atom. The summed E-state index contributed by atoms with van der Waals surface area (Å²) in [6.45, 7) is 0. The molecule has 0 aliphatic heterocycles. The first kappa shape index (κ1) is 12.8. The maximum Gasteiger partial charge on any atom is -0.00391 e. The molecule has 0 unspecified atom stereocenters. The molecule has 1 aliphatic carbocycles. The van der Waals surface area contributed by atoms with E-state index in [0.29, 0.717) is 0 Å². The molecule has 1 rings (SSSR count). The van der Waals surface area contributed by atoms with E-state index in [2.05, 4.69) is 24.4 Å². The standard InChI is InChI=1S/C12H24S2/c13-9-5-1-2-6-10-14-11-12-7-3-4-8-12/h12-13H,1-11H2. The lowest BCUT2D eigenvalue weighted by Crippen LogP contribution is -1.97. The maximum absolute atomic E-state index is 4.22. The highest BCUT2D eigenvalue weighted by molar-refractivity contribution is 7.99. The van der Waals surface area contributed by atoms with E-state index in [-0.39, 0.29) is 0 Å². The highest BCUT2D eigenvalue weighted by Gasteiger charge is 2.13. The molecule has 0 aromatic rings. The fourth-order valence-electron chi connectivity index (χ4n) is 2.10. The number of unbranched alkanes of at least 4 members (excludes halogenated alkanes) is 3. The summed E-state index contributed by atoms with van der Waals surface area (Å²) in [6.07, 6.45) is 11.5. The number of hydrogen-bond acceptors (Lipinski definition) is 2. The number of hydrogen-bond donors (Lipinski definition) is 1. The zero-order chi connectivity index (χ0) is 10.1. The second-order valence-electron chi connectivity index (χ2n) is 4.36. The van der Waals surface area contributed by atoms with Gasteiger partial charge in [0, 0.05) is 0 Å². The van der Waals surface area contributed by atoms with Crippen molar-refractivity contribution in [2.75, 3.05) is 17.3 Å². The fourth-order valence-corrected chi connectivity index (χ4v) is 3.56. The topological polar surface area (TPSA) is 0 Å². The highest BCUT2D eigenvalue weighted by atomic mass is 32.2. The Labute approximate surface area is 99.0 Å². The van der Waals surface area contributed by atoms with Crippen LogP contribution in [0.5, 0.6) is 0 Å². The van der Waals surface area contributed by atoms with Gasteiger partial charge in [-0.05, 0) is 48.9 Å². The first-order chi connectivity index (χ1) is 6.93. The van der Waals surface area contributed by atoms with Gasteiger partial charge < -0.3 is 0 Å². The predicted molar refractivity (Wildman–Crippen MR) is 71.6 cm³/mol. The molecule has 0 heterocycles. The van der Waals surface area contributed by atoms with Gasteiger partial charge in [-0.25, -0.2) is 0 Å². The van der Waals surface area contributed by atoms with Gasteiger partial charge in [0.05, 0.1) is 0 Å². The van der Waals surface area contributed by atoms with Crippen LogP contribution in [0.3, 0.4) is 0 Å². The summed E-state index contributed by atoms with van der Waals surface area (Å²) in [5.74, 6) is 4.96. The minimum absolute atomic E-state index is 1.06. The van der Waals surface area contributed by atoms with Crippen molar-refractivity contribution in [3.8, 4) is 0 Å². The summed E-state index contributed by atoms with van der Waals surface area (Å²) in [5.41, 5.74) is 0. The van der Waals surface area contributed by atoms with E-state index in [1.165, 1.54) is 62.9 Å². The lowest BCUT2D eigenvalue weighted by Gasteiger charge is -2.07. The van der Waals surface area contributed by atoms with Gasteiger partial charge in [0.15, 0.2) is 0 Å². The molecule has 0 bridgehead atoms. The van der Waals surface area contributed by atoms with Crippen LogP contribution < -0.4 is 0 Å². The smallest absolute Gasteiger partial charge is 0.00391 e. The molecular weight excluding hydrogens is 208 g/mol. The van der Waals surface area contributed by atoms with Crippen molar-refractivity contribution in [2.45, 2.75) is 51.4 Å². The van der Waals surface area contributed by atoms with Gasteiger partial charge in [-0.1, -0.05) is 25.7 Å². The lowest BCUT2D eigenvalue weighted by atomic mass is 10.1. The second kappa shape index (κ2) is 8.96. The highest BCUT2D eigenvalue weighted by Crippen LogP contribution is 2.28. The second-order valence-corrected chi connectivity index (χ2v) is 5.96. The molecule has 0 saturated heterocycles. The van der Waals surface area contributed by atoms with Crippen molar-refractivity contribution < 1.29 is 0 Å². The van der Waals surface area contributed by atoms with Crippen molar-refractivity contribution in [3.05, 3.63) is 0 Å². The summed E-state index contributed by atoms with van der Waals surface area (Å²) < 4.78 is 0. The van der Waals surface area contributed by atoms with E-state index in [1.807, 2.05) is 0 Å². The van der Waals surface area contributed by atoms with Crippen LogP contribution in [0.2, 0.25) is 0 Å². The van der Waals surface area contributed by atoms with Crippen LogP contribution >= 0.6 is 24.4 Å². The van der Waals surface area contributed by atoms with Gasteiger partial charge in [-0.3, -0.25) is 0 Å². The van der Waals surface area contributed by atoms with Gasteiger partial charge in [0.1, 0.15) is 0 Å². The monoisotopic (exact) mass is 232 g/mol. The average molecular weight is 232 g/mol. The van der Waals surface area contributed by atoms with Crippen LogP contribution in [-0.2, 0) is 0 Å². The Kier molecular flexibility index (Phi) is 8.18. The van der Waals surface area contributed by atoms with E-state index >= 15 is 0 Å². The van der Waals surface area contributed by atoms with Crippen LogP contribution in [0.1, 0.15) is 51.4 Å². The van der Waals surface area contributed by atoms with E-state index in [4.69, 9.17) is 0 Å². The van der Waals surface area contributed by atoms with E-state index in [1.54, 1.807) is 0 Å². The van der Waals surface area contributed by atoms with Gasteiger partial charge in [-0.15, -0.1) is 0 Å². The minimum Gasteiger partial charge on any atom is -0.179 e. The van der Waals surface area contributed by atoms with Crippen molar-refractivity contribution >= 4 is 24.4 Å². The molecule has 0 nitrogen and oxygen atoms in total. The molecular formula is C12H24S2. The molecule has 0 spiro atoms. The molecule has 0 amide bonds. The van der Waals surface area contributed by atoms with Crippen molar-refractivity contribution in [2.24, 2.45) is 5.92 Å². The Bertz CT molecular complexity index is 119. The van der Waals surface area contributed by atoms with Gasteiger partial charge in [-0.2, -0.15) is 24.4 Å². The SMILES string of the molecule is SCCCCCCSCC1CCCC1. The first-order valence-corrected chi connectivity index (χ1v) is 7.91. The largest absolute Gasteiger partial charge is 0.179 e. The Morgan fingerprint density at radius 2 is 1.71 bits per heavy atom. The number of rotatable bonds is 8. The summed E-state index contributed by atoms with van der Waals surface area (Å²) in [4.78, 5) is 0. The third kappa shape index (κ3) is 6.23. The zero-order valence-electron chi connectivity index (χ0n) is 9.21. The van der Waals surface area contributed by atoms with Crippen LogP contribution in [0.15, 0.2) is 0 Å². The van der Waals surface area contributed by atoms with Crippen LogP contribution in [0.25, 0.3) is 0 Å². The van der Waals surface area contributed by atoms with Crippen LogP contribution in [-0.4, -0.2) is 17.3 Å². The minimum atomic E-state index is 1.06. The first-order valence-electron chi connectivity index (χ1n) is 6.12. The third-order valence-corrected chi connectivity index (χ3v) is 4.63. The predicted octanol–water partition coefficient (Wildman–Crippen LogP) is 4.40. The quantitative estimate of drug-likeness (QED) is 0.478. The van der Waals surface area contributed by atoms with Crippen LogP contribution in [0.4, 0.5) is 0 Å². The summed E-state index contributed by atoms with van der Waals surface area (Å²) in [6, 6.07) is 0.